The van der Waals surface area contributed by atoms with Gasteiger partial charge in [-0.25, -0.2) is 4.98 Å². The van der Waals surface area contributed by atoms with E-state index in [0.717, 1.165) is 35.0 Å². The van der Waals surface area contributed by atoms with Gasteiger partial charge in [-0.05, 0) is 31.3 Å². The van der Waals surface area contributed by atoms with Crippen LogP contribution in [-0.4, -0.2) is 51.8 Å². The molecule has 0 aliphatic heterocycles. The summed E-state index contributed by atoms with van der Waals surface area (Å²) in [5, 5.41) is 4.99. The molecule has 2 heterocycles. The molecule has 3 rings (SSSR count). The molecule has 6 nitrogen and oxygen atoms in total. The van der Waals surface area contributed by atoms with Crippen molar-refractivity contribution in [1.82, 2.24) is 19.7 Å². The minimum Gasteiger partial charge on any atom is -0.302 e. The van der Waals surface area contributed by atoms with Gasteiger partial charge >= 0.3 is 0 Å². The number of likely N-dealkylation sites (N-methyl/N-ethyl adjacent to an activating group) is 1. The highest BCUT2D eigenvalue weighted by molar-refractivity contribution is 7.22. The maximum atomic E-state index is 13.0. The number of nitrogens with zero attached hydrogens (tertiary/aromatic N) is 5. The van der Waals surface area contributed by atoms with E-state index >= 15 is 0 Å². The van der Waals surface area contributed by atoms with Crippen molar-refractivity contribution in [2.45, 2.75) is 13.8 Å². The monoisotopic (exact) mass is 357 g/mol. The normalized spacial score (nSPS) is 11.4. The molecule has 2 aromatic heterocycles. The molecule has 0 unspecified atom stereocenters. The summed E-state index contributed by atoms with van der Waals surface area (Å²) in [5.41, 5.74) is 1.37. The number of thiazole rings is 1. The predicted molar refractivity (Wildman–Crippen MR) is 102 cm³/mol. The number of carbonyl (C=O) groups excluding carboxylic acids is 1. The Balaban J connectivity index is 1.91. The van der Waals surface area contributed by atoms with E-state index in [4.69, 9.17) is 0 Å². The van der Waals surface area contributed by atoms with E-state index in [0.29, 0.717) is 12.2 Å². The molecule has 0 spiro atoms. The number of aromatic nitrogens is 3. The second-order valence-electron chi connectivity index (χ2n) is 5.82. The first kappa shape index (κ1) is 17.6. The number of hydrogen-bond donors (Lipinski definition) is 0. The lowest BCUT2D eigenvalue weighted by molar-refractivity contribution is 0.0978. The smallest absolute Gasteiger partial charge is 0.280 e. The maximum absolute atomic E-state index is 13.0. The van der Waals surface area contributed by atoms with Gasteiger partial charge in [-0.3, -0.25) is 14.4 Å². The van der Waals surface area contributed by atoms with Gasteiger partial charge in [0.05, 0.1) is 10.2 Å². The van der Waals surface area contributed by atoms with Crippen LogP contribution in [0.25, 0.3) is 10.2 Å². The number of rotatable bonds is 7. The van der Waals surface area contributed by atoms with Crippen LogP contribution >= 0.6 is 11.3 Å². The summed E-state index contributed by atoms with van der Waals surface area (Å²) in [7, 11) is 1.81. The van der Waals surface area contributed by atoms with Gasteiger partial charge in [0, 0.05) is 26.3 Å². The minimum atomic E-state index is -0.105. The van der Waals surface area contributed by atoms with Gasteiger partial charge < -0.3 is 4.90 Å². The molecule has 7 heteroatoms. The Bertz CT molecular complexity index is 819. The summed E-state index contributed by atoms with van der Waals surface area (Å²) in [5.74, 6) is -0.105. The molecule has 1 aromatic carbocycles. The molecule has 25 heavy (non-hydrogen) atoms. The topological polar surface area (TPSA) is 54.3 Å². The van der Waals surface area contributed by atoms with E-state index in [9.17, 15) is 4.79 Å². The van der Waals surface area contributed by atoms with Crippen molar-refractivity contribution in [1.29, 1.82) is 0 Å². The van der Waals surface area contributed by atoms with Crippen molar-refractivity contribution < 1.29 is 4.79 Å². The van der Waals surface area contributed by atoms with Gasteiger partial charge in [-0.15, -0.1) is 0 Å². The van der Waals surface area contributed by atoms with Crippen LogP contribution in [0.4, 0.5) is 5.13 Å². The lowest BCUT2D eigenvalue weighted by atomic mass is 10.3. The lowest BCUT2D eigenvalue weighted by Crippen LogP contribution is -2.39. The first-order valence-corrected chi connectivity index (χ1v) is 9.33. The molecule has 0 atom stereocenters. The molecule has 0 bridgehead atoms. The number of benzene rings is 1. The fraction of sp³-hybridized carbons (Fsp3) is 0.389. The average molecular weight is 357 g/mol. The quantitative estimate of drug-likeness (QED) is 0.652. The number of hydrogen-bond acceptors (Lipinski definition) is 5. The fourth-order valence-corrected chi connectivity index (χ4v) is 3.70. The molecule has 1 amide bonds. The number of anilines is 1. The Morgan fingerprint density at radius 1 is 1.16 bits per heavy atom. The number of carbonyl (C=O) groups is 1. The van der Waals surface area contributed by atoms with Crippen molar-refractivity contribution >= 4 is 32.6 Å². The van der Waals surface area contributed by atoms with Crippen molar-refractivity contribution in [3.63, 3.8) is 0 Å². The third kappa shape index (κ3) is 3.88. The maximum Gasteiger partial charge on any atom is 0.280 e. The number of aryl methyl sites for hydroxylation is 1. The van der Waals surface area contributed by atoms with Crippen molar-refractivity contribution in [3.05, 3.63) is 42.2 Å². The molecular weight excluding hydrogens is 334 g/mol. The predicted octanol–water partition coefficient (Wildman–Crippen LogP) is 3.02. The summed E-state index contributed by atoms with van der Waals surface area (Å²) in [6.45, 7) is 7.58. The van der Waals surface area contributed by atoms with E-state index in [1.165, 1.54) is 0 Å². The number of fused-ring (bicyclic) bond motifs is 1. The first-order valence-electron chi connectivity index (χ1n) is 8.51. The van der Waals surface area contributed by atoms with E-state index in [1.54, 1.807) is 33.2 Å². The van der Waals surface area contributed by atoms with Crippen LogP contribution in [-0.2, 0) is 7.05 Å². The summed E-state index contributed by atoms with van der Waals surface area (Å²) in [6, 6.07) is 9.71. The first-order chi connectivity index (χ1) is 12.1. The molecule has 0 saturated carbocycles. The molecule has 0 radical (unpaired) electrons. The van der Waals surface area contributed by atoms with E-state index in [2.05, 4.69) is 28.8 Å². The van der Waals surface area contributed by atoms with E-state index in [1.807, 2.05) is 31.3 Å². The Hall–Kier alpha value is -2.25. The number of amides is 1. The highest BCUT2D eigenvalue weighted by Crippen LogP contribution is 2.29. The van der Waals surface area contributed by atoms with Crippen LogP contribution in [0.1, 0.15) is 24.3 Å². The lowest BCUT2D eigenvalue weighted by Gasteiger charge is -2.24. The van der Waals surface area contributed by atoms with Crippen LogP contribution < -0.4 is 4.90 Å². The zero-order valence-corrected chi connectivity index (χ0v) is 15.7. The van der Waals surface area contributed by atoms with Crippen LogP contribution in [0.15, 0.2) is 36.5 Å². The van der Waals surface area contributed by atoms with Gasteiger partial charge in [0.2, 0.25) is 0 Å². The second kappa shape index (κ2) is 7.76. The molecule has 0 N–H and O–H groups in total. The Labute approximate surface area is 151 Å². The summed E-state index contributed by atoms with van der Waals surface area (Å²) < 4.78 is 2.73. The zero-order valence-electron chi connectivity index (χ0n) is 14.8. The number of para-hydroxylation sites is 1. The Kier molecular flexibility index (Phi) is 5.45. The summed E-state index contributed by atoms with van der Waals surface area (Å²) in [4.78, 5) is 21.7. The third-order valence-corrected chi connectivity index (χ3v) is 5.29. The van der Waals surface area contributed by atoms with Gasteiger partial charge in [0.25, 0.3) is 5.91 Å². The highest BCUT2D eigenvalue weighted by atomic mass is 32.1. The second-order valence-corrected chi connectivity index (χ2v) is 6.83. The van der Waals surface area contributed by atoms with Crippen molar-refractivity contribution in [2.24, 2.45) is 7.05 Å². The third-order valence-electron chi connectivity index (χ3n) is 4.23. The summed E-state index contributed by atoms with van der Waals surface area (Å²) >= 11 is 1.54. The van der Waals surface area contributed by atoms with Gasteiger partial charge in [-0.2, -0.15) is 5.10 Å². The van der Waals surface area contributed by atoms with Crippen LogP contribution in [0, 0.1) is 0 Å². The zero-order chi connectivity index (χ0) is 17.8. The van der Waals surface area contributed by atoms with Gasteiger partial charge in [0.15, 0.2) is 10.8 Å². The van der Waals surface area contributed by atoms with Gasteiger partial charge in [-0.1, -0.05) is 37.3 Å². The average Bonchev–Trinajstić information content (AvgIpc) is 3.24. The van der Waals surface area contributed by atoms with Crippen LogP contribution in [0.3, 0.4) is 0 Å². The minimum absolute atomic E-state index is 0.105. The van der Waals surface area contributed by atoms with Crippen LogP contribution in [0.5, 0.6) is 0 Å². The Morgan fingerprint density at radius 2 is 1.92 bits per heavy atom. The van der Waals surface area contributed by atoms with Gasteiger partial charge in [0.1, 0.15) is 0 Å². The molecule has 0 aliphatic rings. The Morgan fingerprint density at radius 3 is 2.56 bits per heavy atom. The van der Waals surface area contributed by atoms with Crippen LogP contribution in [0.2, 0.25) is 0 Å². The highest BCUT2D eigenvalue weighted by Gasteiger charge is 2.23. The summed E-state index contributed by atoms with van der Waals surface area (Å²) in [6.07, 6.45) is 1.79. The molecule has 0 saturated heterocycles. The van der Waals surface area contributed by atoms with E-state index < -0.39 is 0 Å². The SMILES string of the molecule is CCN(CC)CCN(C(=O)c1ccn(C)n1)c1nc2ccccc2s1. The molecule has 132 valence electrons. The largest absolute Gasteiger partial charge is 0.302 e. The van der Waals surface area contributed by atoms with Crippen molar-refractivity contribution in [3.8, 4) is 0 Å². The fourth-order valence-electron chi connectivity index (χ4n) is 2.71. The standard InChI is InChI=1S/C18H23N5OS/c1-4-22(5-2)12-13-23(17(24)15-10-11-21(3)20-15)18-19-14-8-6-7-9-16(14)25-18/h6-11H,4-5,12-13H2,1-3H3. The molecule has 0 aliphatic carbocycles. The molecular formula is C18H23N5OS. The molecule has 0 fully saturated rings. The van der Waals surface area contributed by atoms with E-state index in [-0.39, 0.29) is 5.91 Å². The molecule has 3 aromatic rings. The van der Waals surface area contributed by atoms with Crippen molar-refractivity contribution in [2.75, 3.05) is 31.1 Å².